The van der Waals surface area contributed by atoms with E-state index in [1.165, 1.54) is 17.0 Å². The van der Waals surface area contributed by atoms with Crippen LogP contribution in [0.2, 0.25) is 0 Å². The van der Waals surface area contributed by atoms with E-state index in [1.54, 1.807) is 20.8 Å². The lowest BCUT2D eigenvalue weighted by molar-refractivity contribution is 0.0451. The summed E-state index contributed by atoms with van der Waals surface area (Å²) >= 11 is 2.88. The highest BCUT2D eigenvalue weighted by atomic mass is 79.9. The summed E-state index contributed by atoms with van der Waals surface area (Å²) in [5.41, 5.74) is -0.939. The summed E-state index contributed by atoms with van der Waals surface area (Å²) in [4.78, 5) is 25.8. The zero-order chi connectivity index (χ0) is 18.8. The molecule has 1 unspecified atom stereocenters. The maximum atomic E-state index is 14.0. The summed E-state index contributed by atoms with van der Waals surface area (Å²) < 4.78 is 32.8. The van der Waals surface area contributed by atoms with Gasteiger partial charge in [-0.3, -0.25) is 4.79 Å². The van der Waals surface area contributed by atoms with Crippen molar-refractivity contribution >= 4 is 27.9 Å². The molecule has 1 heterocycles. The third kappa shape index (κ3) is 5.14. The number of halogens is 3. The smallest absolute Gasteiger partial charge is 0.407 e. The van der Waals surface area contributed by atoms with Crippen molar-refractivity contribution in [3.05, 3.63) is 33.8 Å². The van der Waals surface area contributed by atoms with Gasteiger partial charge < -0.3 is 15.0 Å². The van der Waals surface area contributed by atoms with E-state index >= 15 is 0 Å². The molecule has 138 valence electrons. The Morgan fingerprint density at radius 1 is 1.28 bits per heavy atom. The number of likely N-dealkylation sites (tertiary alicyclic amines) is 1. The second-order valence-electron chi connectivity index (χ2n) is 6.96. The summed E-state index contributed by atoms with van der Waals surface area (Å²) in [6, 6.07) is 2.25. The fourth-order valence-corrected chi connectivity index (χ4v) is 2.92. The molecule has 1 aromatic carbocycles. The molecule has 25 heavy (non-hydrogen) atoms. The van der Waals surface area contributed by atoms with Crippen molar-refractivity contribution in [2.75, 3.05) is 13.1 Å². The van der Waals surface area contributed by atoms with E-state index in [2.05, 4.69) is 21.2 Å². The van der Waals surface area contributed by atoms with E-state index in [0.717, 1.165) is 0 Å². The van der Waals surface area contributed by atoms with Gasteiger partial charge in [-0.15, -0.1) is 0 Å². The van der Waals surface area contributed by atoms with E-state index in [0.29, 0.717) is 19.4 Å². The first-order valence-electron chi connectivity index (χ1n) is 8.01. The zero-order valence-corrected chi connectivity index (χ0v) is 16.0. The minimum absolute atomic E-state index is 0.0373. The molecule has 0 radical (unpaired) electrons. The van der Waals surface area contributed by atoms with Gasteiger partial charge in [-0.1, -0.05) is 0 Å². The summed E-state index contributed by atoms with van der Waals surface area (Å²) in [7, 11) is 0. The molecular weight excluding hydrogens is 398 g/mol. The topological polar surface area (TPSA) is 58.6 Å². The van der Waals surface area contributed by atoms with Crippen molar-refractivity contribution in [1.82, 2.24) is 10.2 Å². The van der Waals surface area contributed by atoms with E-state index in [-0.39, 0.29) is 22.6 Å². The second-order valence-corrected chi connectivity index (χ2v) is 7.81. The molecule has 0 spiro atoms. The number of piperidine rings is 1. The van der Waals surface area contributed by atoms with Crippen LogP contribution in [0.25, 0.3) is 0 Å². The molecule has 5 nitrogen and oxygen atoms in total. The van der Waals surface area contributed by atoms with Crippen molar-refractivity contribution in [2.24, 2.45) is 0 Å². The standard InChI is InChI=1S/C17H21BrF2N2O3/c1-17(2,3)25-16(24)21-10-5-4-8-22(9-10)15(23)11-6-7-12(18)14(20)13(11)19/h6-7,10H,4-5,8-9H2,1-3H3,(H,21,24). The first-order chi connectivity index (χ1) is 11.6. The van der Waals surface area contributed by atoms with Crippen molar-refractivity contribution in [3.63, 3.8) is 0 Å². The molecule has 0 aliphatic carbocycles. The molecule has 1 N–H and O–H groups in total. The average Bonchev–Trinajstić information content (AvgIpc) is 2.50. The van der Waals surface area contributed by atoms with Gasteiger partial charge in [0.1, 0.15) is 5.60 Å². The summed E-state index contributed by atoms with van der Waals surface area (Å²) in [6.07, 6.45) is 0.764. The largest absolute Gasteiger partial charge is 0.444 e. The third-order valence-corrected chi connectivity index (χ3v) is 4.31. The molecule has 0 aromatic heterocycles. The molecule has 1 aliphatic heterocycles. The van der Waals surface area contributed by atoms with Crippen LogP contribution in [0.5, 0.6) is 0 Å². The van der Waals surface area contributed by atoms with Gasteiger partial charge in [0.15, 0.2) is 11.6 Å². The molecule has 1 aliphatic rings. The summed E-state index contributed by atoms with van der Waals surface area (Å²) in [5.74, 6) is -2.87. The number of hydrogen-bond donors (Lipinski definition) is 1. The number of alkyl carbamates (subject to hydrolysis) is 1. The van der Waals surface area contributed by atoms with Gasteiger partial charge in [-0.05, 0) is 61.7 Å². The zero-order valence-electron chi connectivity index (χ0n) is 14.4. The normalized spacial score (nSPS) is 18.0. The Morgan fingerprint density at radius 3 is 2.60 bits per heavy atom. The number of nitrogens with zero attached hydrogens (tertiary/aromatic N) is 1. The van der Waals surface area contributed by atoms with E-state index < -0.39 is 29.2 Å². The second kappa shape index (κ2) is 7.68. The van der Waals surface area contributed by atoms with Gasteiger partial charge in [-0.2, -0.15) is 0 Å². The Morgan fingerprint density at radius 2 is 1.96 bits per heavy atom. The fourth-order valence-electron chi connectivity index (χ4n) is 2.62. The number of carbonyl (C=O) groups is 2. The first-order valence-corrected chi connectivity index (χ1v) is 8.80. The van der Waals surface area contributed by atoms with Crippen molar-refractivity contribution < 1.29 is 23.1 Å². The molecule has 0 bridgehead atoms. The lowest BCUT2D eigenvalue weighted by Gasteiger charge is -2.33. The molecule has 2 amide bonds. The molecular formula is C17H21BrF2N2O3. The molecule has 1 fully saturated rings. The highest BCUT2D eigenvalue weighted by Gasteiger charge is 2.29. The van der Waals surface area contributed by atoms with Gasteiger partial charge in [0, 0.05) is 19.1 Å². The number of rotatable bonds is 2. The van der Waals surface area contributed by atoms with Gasteiger partial charge in [0.25, 0.3) is 5.91 Å². The Kier molecular flexibility index (Phi) is 6.03. The van der Waals surface area contributed by atoms with E-state index in [1.807, 2.05) is 0 Å². The van der Waals surface area contributed by atoms with E-state index in [4.69, 9.17) is 4.74 Å². The van der Waals surface area contributed by atoms with Crippen LogP contribution in [-0.4, -0.2) is 41.6 Å². The van der Waals surface area contributed by atoms with Crippen LogP contribution in [-0.2, 0) is 4.74 Å². The number of benzene rings is 1. The maximum Gasteiger partial charge on any atom is 0.407 e. The van der Waals surface area contributed by atoms with Crippen LogP contribution < -0.4 is 5.32 Å². The fraction of sp³-hybridized carbons (Fsp3) is 0.529. The third-order valence-electron chi connectivity index (χ3n) is 3.70. The maximum absolute atomic E-state index is 14.0. The monoisotopic (exact) mass is 418 g/mol. The van der Waals surface area contributed by atoms with Crippen molar-refractivity contribution in [2.45, 2.75) is 45.3 Å². The van der Waals surface area contributed by atoms with Crippen LogP contribution in [0.3, 0.4) is 0 Å². The van der Waals surface area contributed by atoms with E-state index in [9.17, 15) is 18.4 Å². The summed E-state index contributed by atoms with van der Waals surface area (Å²) in [6.45, 7) is 5.91. The Balaban J connectivity index is 2.05. The Labute approximate surface area is 153 Å². The molecule has 0 saturated carbocycles. The minimum atomic E-state index is -1.18. The Hall–Kier alpha value is -1.70. The molecule has 1 saturated heterocycles. The Bertz CT molecular complexity index is 677. The highest BCUT2D eigenvalue weighted by molar-refractivity contribution is 9.10. The van der Waals surface area contributed by atoms with Crippen LogP contribution >= 0.6 is 15.9 Å². The number of amides is 2. The summed E-state index contributed by atoms with van der Waals surface area (Å²) in [5, 5.41) is 2.72. The molecule has 8 heteroatoms. The minimum Gasteiger partial charge on any atom is -0.444 e. The lowest BCUT2D eigenvalue weighted by Crippen LogP contribution is -2.50. The van der Waals surface area contributed by atoms with Crippen LogP contribution in [0, 0.1) is 11.6 Å². The van der Waals surface area contributed by atoms with Crippen molar-refractivity contribution in [3.8, 4) is 0 Å². The highest BCUT2D eigenvalue weighted by Crippen LogP contribution is 2.23. The van der Waals surface area contributed by atoms with Gasteiger partial charge in [0.2, 0.25) is 0 Å². The SMILES string of the molecule is CC(C)(C)OC(=O)NC1CCCN(C(=O)c2ccc(Br)c(F)c2F)C1. The van der Waals surface area contributed by atoms with Crippen molar-refractivity contribution in [1.29, 1.82) is 0 Å². The number of nitrogens with one attached hydrogen (secondary N) is 1. The van der Waals surface area contributed by atoms with Gasteiger partial charge >= 0.3 is 6.09 Å². The van der Waals surface area contributed by atoms with Crippen LogP contribution in [0.15, 0.2) is 16.6 Å². The number of hydrogen-bond acceptors (Lipinski definition) is 3. The molecule has 1 aromatic rings. The average molecular weight is 419 g/mol. The van der Waals surface area contributed by atoms with Gasteiger partial charge in [0.05, 0.1) is 10.0 Å². The quantitative estimate of drug-likeness (QED) is 0.741. The lowest BCUT2D eigenvalue weighted by atomic mass is 10.0. The molecule has 2 rings (SSSR count). The number of ether oxygens (including phenoxy) is 1. The first kappa shape index (κ1) is 19.6. The number of carbonyl (C=O) groups excluding carboxylic acids is 2. The predicted octanol–water partition coefficient (Wildman–Crippen LogP) is 3.86. The van der Waals surface area contributed by atoms with Crippen LogP contribution in [0.4, 0.5) is 13.6 Å². The predicted molar refractivity (Wildman–Crippen MR) is 92.4 cm³/mol. The van der Waals surface area contributed by atoms with Gasteiger partial charge in [-0.25, -0.2) is 13.6 Å². The van der Waals surface area contributed by atoms with Crippen LogP contribution in [0.1, 0.15) is 44.0 Å². The molecule has 1 atom stereocenters.